The Morgan fingerprint density at radius 1 is 1.25 bits per heavy atom. The SMILES string of the molecule is CC1CCN(C(=O)CN2CCCC(COc3ccccn3)C2)CC1. The molecule has 0 spiro atoms. The minimum atomic E-state index is 0.299. The van der Waals surface area contributed by atoms with Crippen molar-refractivity contribution in [1.29, 1.82) is 0 Å². The van der Waals surface area contributed by atoms with Crippen LogP contribution in [0.15, 0.2) is 24.4 Å². The number of rotatable bonds is 5. The lowest BCUT2D eigenvalue weighted by Crippen LogP contribution is -2.47. The van der Waals surface area contributed by atoms with Crippen molar-refractivity contribution >= 4 is 5.91 Å². The molecule has 2 saturated heterocycles. The molecule has 0 aromatic carbocycles. The van der Waals surface area contributed by atoms with Gasteiger partial charge in [0, 0.05) is 37.8 Å². The van der Waals surface area contributed by atoms with Gasteiger partial charge in [-0.1, -0.05) is 13.0 Å². The normalized spacial score (nSPS) is 23.2. The minimum Gasteiger partial charge on any atom is -0.477 e. The fraction of sp³-hybridized carbons (Fsp3) is 0.684. The molecule has 0 saturated carbocycles. The summed E-state index contributed by atoms with van der Waals surface area (Å²) in [7, 11) is 0. The van der Waals surface area contributed by atoms with Crippen molar-refractivity contribution in [1.82, 2.24) is 14.8 Å². The first-order valence-corrected chi connectivity index (χ1v) is 9.24. The highest BCUT2D eigenvalue weighted by Gasteiger charge is 2.25. The van der Waals surface area contributed by atoms with Crippen molar-refractivity contribution in [2.45, 2.75) is 32.6 Å². The third kappa shape index (κ3) is 4.94. The van der Waals surface area contributed by atoms with Gasteiger partial charge < -0.3 is 9.64 Å². The molecule has 0 N–H and O–H groups in total. The van der Waals surface area contributed by atoms with E-state index in [2.05, 4.69) is 16.8 Å². The quantitative estimate of drug-likeness (QED) is 0.831. The van der Waals surface area contributed by atoms with Crippen molar-refractivity contribution in [2.24, 2.45) is 11.8 Å². The van der Waals surface area contributed by atoms with Crippen LogP contribution in [0.4, 0.5) is 0 Å². The van der Waals surface area contributed by atoms with Crippen LogP contribution in [-0.2, 0) is 4.79 Å². The zero-order valence-corrected chi connectivity index (χ0v) is 14.7. The molecule has 132 valence electrons. The molecule has 0 aliphatic carbocycles. The molecule has 1 amide bonds. The number of aromatic nitrogens is 1. The molecule has 3 rings (SSSR count). The van der Waals surface area contributed by atoms with Crippen LogP contribution in [0.25, 0.3) is 0 Å². The van der Waals surface area contributed by atoms with E-state index in [-0.39, 0.29) is 0 Å². The first-order valence-electron chi connectivity index (χ1n) is 9.24. The molecule has 1 aromatic heterocycles. The number of pyridine rings is 1. The minimum absolute atomic E-state index is 0.299. The van der Waals surface area contributed by atoms with Gasteiger partial charge in [-0.15, -0.1) is 0 Å². The van der Waals surface area contributed by atoms with E-state index in [0.717, 1.165) is 51.4 Å². The Morgan fingerprint density at radius 3 is 2.83 bits per heavy atom. The Hall–Kier alpha value is -1.62. The number of carbonyl (C=O) groups is 1. The largest absolute Gasteiger partial charge is 0.477 e. The molecule has 1 atom stereocenters. The van der Waals surface area contributed by atoms with Gasteiger partial charge in [-0.2, -0.15) is 0 Å². The highest BCUT2D eigenvalue weighted by Crippen LogP contribution is 2.19. The summed E-state index contributed by atoms with van der Waals surface area (Å²) in [6.45, 7) is 7.36. The van der Waals surface area contributed by atoms with Gasteiger partial charge in [-0.3, -0.25) is 9.69 Å². The van der Waals surface area contributed by atoms with E-state index in [0.29, 0.717) is 30.9 Å². The van der Waals surface area contributed by atoms with Gasteiger partial charge in [0.2, 0.25) is 11.8 Å². The van der Waals surface area contributed by atoms with Gasteiger partial charge in [0.1, 0.15) is 0 Å². The van der Waals surface area contributed by atoms with Crippen LogP contribution in [0.3, 0.4) is 0 Å². The highest BCUT2D eigenvalue weighted by molar-refractivity contribution is 5.78. The molecule has 0 bridgehead atoms. The van der Waals surface area contributed by atoms with Crippen LogP contribution < -0.4 is 4.74 Å². The molecular formula is C19H29N3O2. The van der Waals surface area contributed by atoms with Crippen molar-refractivity contribution in [3.8, 4) is 5.88 Å². The molecule has 2 fully saturated rings. The van der Waals surface area contributed by atoms with E-state index in [9.17, 15) is 4.79 Å². The summed E-state index contributed by atoms with van der Waals surface area (Å²) < 4.78 is 5.79. The maximum atomic E-state index is 12.5. The summed E-state index contributed by atoms with van der Waals surface area (Å²) in [5, 5.41) is 0. The number of amides is 1. The fourth-order valence-electron chi connectivity index (χ4n) is 3.62. The molecule has 0 radical (unpaired) electrons. The molecular weight excluding hydrogens is 302 g/mol. The second kappa shape index (κ2) is 8.47. The molecule has 1 unspecified atom stereocenters. The number of ether oxygens (including phenoxy) is 1. The van der Waals surface area contributed by atoms with E-state index >= 15 is 0 Å². The number of nitrogens with zero attached hydrogens (tertiary/aromatic N) is 3. The summed E-state index contributed by atoms with van der Waals surface area (Å²) in [5.74, 6) is 2.23. The van der Waals surface area contributed by atoms with E-state index in [1.165, 1.54) is 6.42 Å². The summed E-state index contributed by atoms with van der Waals surface area (Å²) in [5.41, 5.74) is 0. The maximum absolute atomic E-state index is 12.5. The van der Waals surface area contributed by atoms with Gasteiger partial charge in [-0.05, 0) is 44.2 Å². The number of hydrogen-bond acceptors (Lipinski definition) is 4. The van der Waals surface area contributed by atoms with Crippen molar-refractivity contribution in [3.63, 3.8) is 0 Å². The van der Waals surface area contributed by atoms with Crippen molar-refractivity contribution in [2.75, 3.05) is 39.3 Å². The van der Waals surface area contributed by atoms with Crippen LogP contribution >= 0.6 is 0 Å². The van der Waals surface area contributed by atoms with E-state index < -0.39 is 0 Å². The molecule has 2 aliphatic rings. The summed E-state index contributed by atoms with van der Waals surface area (Å²) in [6.07, 6.45) is 6.35. The summed E-state index contributed by atoms with van der Waals surface area (Å²) >= 11 is 0. The van der Waals surface area contributed by atoms with Crippen LogP contribution in [-0.4, -0.2) is 60.0 Å². The van der Waals surface area contributed by atoms with Gasteiger partial charge in [0.05, 0.1) is 13.2 Å². The second-order valence-corrected chi connectivity index (χ2v) is 7.29. The lowest BCUT2D eigenvalue weighted by Gasteiger charge is -2.35. The first-order chi connectivity index (χ1) is 11.7. The standard InChI is InChI=1S/C19H29N3O2/c1-16-7-11-22(12-8-16)19(23)14-21-10-4-5-17(13-21)15-24-18-6-2-3-9-20-18/h2-3,6,9,16-17H,4-5,7-8,10-15H2,1H3. The summed E-state index contributed by atoms with van der Waals surface area (Å²) in [4.78, 5) is 21.1. The fourth-order valence-corrected chi connectivity index (χ4v) is 3.62. The predicted octanol–water partition coefficient (Wildman–Crippen LogP) is 2.43. The Bertz CT molecular complexity index is 515. The summed E-state index contributed by atoms with van der Waals surface area (Å²) in [6, 6.07) is 5.72. The number of carbonyl (C=O) groups excluding carboxylic acids is 1. The zero-order chi connectivity index (χ0) is 16.8. The third-order valence-electron chi connectivity index (χ3n) is 5.20. The van der Waals surface area contributed by atoms with E-state index in [4.69, 9.17) is 4.74 Å². The van der Waals surface area contributed by atoms with Crippen molar-refractivity contribution in [3.05, 3.63) is 24.4 Å². The lowest BCUT2D eigenvalue weighted by molar-refractivity contribution is -0.134. The van der Waals surface area contributed by atoms with Crippen LogP contribution in [0, 0.1) is 11.8 Å². The molecule has 24 heavy (non-hydrogen) atoms. The van der Waals surface area contributed by atoms with Gasteiger partial charge in [0.25, 0.3) is 0 Å². The van der Waals surface area contributed by atoms with Crippen LogP contribution in [0.1, 0.15) is 32.6 Å². The third-order valence-corrected chi connectivity index (χ3v) is 5.20. The highest BCUT2D eigenvalue weighted by atomic mass is 16.5. The van der Waals surface area contributed by atoms with Crippen LogP contribution in [0.2, 0.25) is 0 Å². The molecule has 5 heteroatoms. The lowest BCUT2D eigenvalue weighted by atomic mass is 9.98. The van der Waals surface area contributed by atoms with Gasteiger partial charge in [-0.25, -0.2) is 4.98 Å². The first kappa shape index (κ1) is 17.2. The van der Waals surface area contributed by atoms with Gasteiger partial charge >= 0.3 is 0 Å². The van der Waals surface area contributed by atoms with E-state index in [1.54, 1.807) is 6.20 Å². The van der Waals surface area contributed by atoms with Crippen LogP contribution in [0.5, 0.6) is 5.88 Å². The van der Waals surface area contributed by atoms with Gasteiger partial charge in [0.15, 0.2) is 0 Å². The number of likely N-dealkylation sites (tertiary alicyclic amines) is 2. The monoisotopic (exact) mass is 331 g/mol. The molecule has 3 heterocycles. The Balaban J connectivity index is 1.42. The molecule has 5 nitrogen and oxygen atoms in total. The topological polar surface area (TPSA) is 45.7 Å². The Labute approximate surface area is 145 Å². The van der Waals surface area contributed by atoms with E-state index in [1.807, 2.05) is 23.1 Å². The predicted molar refractivity (Wildman–Crippen MR) is 93.9 cm³/mol. The molecule has 2 aliphatic heterocycles. The smallest absolute Gasteiger partial charge is 0.236 e. The Morgan fingerprint density at radius 2 is 2.08 bits per heavy atom. The average molecular weight is 331 g/mol. The number of hydrogen-bond donors (Lipinski definition) is 0. The second-order valence-electron chi connectivity index (χ2n) is 7.29. The number of piperidine rings is 2. The Kier molecular flexibility index (Phi) is 6.07. The van der Waals surface area contributed by atoms with Crippen molar-refractivity contribution < 1.29 is 9.53 Å². The average Bonchev–Trinajstić information content (AvgIpc) is 2.62. The molecule has 1 aromatic rings. The zero-order valence-electron chi connectivity index (χ0n) is 14.7. The maximum Gasteiger partial charge on any atom is 0.236 e.